The normalized spacial score (nSPS) is 18.2. The first-order valence-electron chi connectivity index (χ1n) is 16.0. The first kappa shape index (κ1) is 32.5. The molecule has 10 nitrogen and oxygen atoms in total. The van der Waals surface area contributed by atoms with Crippen molar-refractivity contribution in [2.45, 2.75) is 51.8 Å². The third-order valence-electron chi connectivity index (χ3n) is 8.52. The van der Waals surface area contributed by atoms with Gasteiger partial charge < -0.3 is 15.0 Å². The molecule has 2 fully saturated rings. The molecule has 0 spiro atoms. The van der Waals surface area contributed by atoms with Crippen LogP contribution in [-0.4, -0.2) is 76.9 Å². The topological polar surface area (TPSA) is 125 Å². The molecule has 2 aliphatic rings. The lowest BCUT2D eigenvalue weighted by atomic mass is 10.0. The monoisotopic (exact) mass is 655 g/mol. The first-order chi connectivity index (χ1) is 22.4. The van der Waals surface area contributed by atoms with E-state index in [9.17, 15) is 18.0 Å². The zero-order valence-electron chi connectivity index (χ0n) is 27.0. The highest BCUT2D eigenvalue weighted by Crippen LogP contribution is 2.33. The Bertz CT molecular complexity index is 1810. The summed E-state index contributed by atoms with van der Waals surface area (Å²) in [4.78, 5) is 37.6. The number of hydrogen-bond acceptors (Lipinski definition) is 7. The molecule has 1 atom stereocenters. The van der Waals surface area contributed by atoms with E-state index in [1.807, 2.05) is 93.6 Å². The van der Waals surface area contributed by atoms with Crippen molar-refractivity contribution < 1.29 is 22.7 Å². The Morgan fingerprint density at radius 3 is 2.15 bits per heavy atom. The molecule has 3 aromatic carbocycles. The van der Waals surface area contributed by atoms with Crippen molar-refractivity contribution in [2.24, 2.45) is 0 Å². The Hall–Kier alpha value is -4.48. The molecule has 4 aromatic rings. The summed E-state index contributed by atoms with van der Waals surface area (Å²) in [7, 11) is -2.90. The lowest BCUT2D eigenvalue weighted by Gasteiger charge is -2.27. The van der Waals surface area contributed by atoms with Gasteiger partial charge in [-0.25, -0.2) is 18.2 Å². The Labute approximate surface area is 276 Å². The number of aromatic amines is 1. The van der Waals surface area contributed by atoms with Crippen LogP contribution in [0.15, 0.2) is 79.0 Å². The average molecular weight is 656 g/mol. The Morgan fingerprint density at radius 2 is 1.51 bits per heavy atom. The summed E-state index contributed by atoms with van der Waals surface area (Å²) in [5.41, 5.74) is 5.66. The fourth-order valence-corrected chi connectivity index (χ4v) is 7.24. The predicted octanol–water partition coefficient (Wildman–Crippen LogP) is 6.30. The maximum Gasteiger partial charge on any atom is 0.410 e. The minimum absolute atomic E-state index is 0.137. The highest BCUT2D eigenvalue weighted by Gasteiger charge is 2.34. The number of sulfone groups is 1. The van der Waals surface area contributed by atoms with Crippen LogP contribution in [0.3, 0.4) is 0 Å². The van der Waals surface area contributed by atoms with E-state index in [4.69, 9.17) is 4.74 Å². The molecule has 0 unspecified atom stereocenters. The maximum absolute atomic E-state index is 12.9. The smallest absolute Gasteiger partial charge is 0.410 e. The van der Waals surface area contributed by atoms with Crippen LogP contribution >= 0.6 is 0 Å². The molecule has 3 heterocycles. The Kier molecular flexibility index (Phi) is 9.20. The molecule has 2 amide bonds. The zero-order valence-corrected chi connectivity index (χ0v) is 27.8. The quantitative estimate of drug-likeness (QED) is 0.240. The second kappa shape index (κ2) is 13.3. The van der Waals surface area contributed by atoms with Gasteiger partial charge in [0.2, 0.25) is 0 Å². The summed E-state index contributed by atoms with van der Waals surface area (Å²) in [6.07, 6.45) is 3.23. The van der Waals surface area contributed by atoms with Crippen molar-refractivity contribution >= 4 is 27.5 Å². The predicted molar refractivity (Wildman–Crippen MR) is 183 cm³/mol. The second-order valence-electron chi connectivity index (χ2n) is 13.2. The van der Waals surface area contributed by atoms with Gasteiger partial charge in [0.15, 0.2) is 9.84 Å². The Balaban J connectivity index is 1.04. The van der Waals surface area contributed by atoms with Crippen LogP contribution in [0.4, 0.5) is 10.5 Å². The fraction of sp³-hybridized carbons (Fsp3) is 0.361. The molecule has 0 radical (unpaired) electrons. The molecule has 2 saturated heterocycles. The SMILES string of the molecule is CC(C)(C)OC(=O)N1CCC[C@@H]1c1ncc(-c2ccc(-c3ccc(C(=O)Nc4ccc(CN5CCS(=O)(=O)CC5)cc4)cc3)cc2)[nH]1. The van der Waals surface area contributed by atoms with Crippen molar-refractivity contribution in [3.8, 4) is 22.4 Å². The third-order valence-corrected chi connectivity index (χ3v) is 10.1. The first-order valence-corrected chi connectivity index (χ1v) is 17.8. The van der Waals surface area contributed by atoms with Crippen LogP contribution in [0, 0.1) is 0 Å². The number of rotatable bonds is 7. The van der Waals surface area contributed by atoms with E-state index >= 15 is 0 Å². The van der Waals surface area contributed by atoms with E-state index in [0.717, 1.165) is 46.6 Å². The highest BCUT2D eigenvalue weighted by molar-refractivity contribution is 7.91. The summed E-state index contributed by atoms with van der Waals surface area (Å²) < 4.78 is 28.9. The summed E-state index contributed by atoms with van der Waals surface area (Å²) in [6.45, 7) is 8.04. The van der Waals surface area contributed by atoms with E-state index in [1.165, 1.54) is 0 Å². The van der Waals surface area contributed by atoms with Crippen LogP contribution < -0.4 is 5.32 Å². The van der Waals surface area contributed by atoms with Gasteiger partial charge in [-0.3, -0.25) is 14.6 Å². The van der Waals surface area contributed by atoms with Crippen LogP contribution in [0.2, 0.25) is 0 Å². The van der Waals surface area contributed by atoms with E-state index in [2.05, 4.69) is 20.2 Å². The van der Waals surface area contributed by atoms with E-state index in [0.29, 0.717) is 37.4 Å². The van der Waals surface area contributed by atoms with Crippen molar-refractivity contribution in [3.05, 3.63) is 95.9 Å². The van der Waals surface area contributed by atoms with Gasteiger partial charge in [0.05, 0.1) is 29.4 Å². The second-order valence-corrected chi connectivity index (χ2v) is 15.6. The molecule has 47 heavy (non-hydrogen) atoms. The highest BCUT2D eigenvalue weighted by atomic mass is 32.2. The number of benzene rings is 3. The average Bonchev–Trinajstić information content (AvgIpc) is 3.73. The Morgan fingerprint density at radius 1 is 0.894 bits per heavy atom. The molecule has 0 saturated carbocycles. The number of imidazole rings is 1. The number of likely N-dealkylation sites (tertiary alicyclic amines) is 1. The number of nitrogens with zero attached hydrogens (tertiary/aromatic N) is 3. The zero-order chi connectivity index (χ0) is 33.2. The summed E-state index contributed by atoms with van der Waals surface area (Å²) in [5.74, 6) is 0.977. The third kappa shape index (κ3) is 8.09. The molecule has 246 valence electrons. The van der Waals surface area contributed by atoms with Crippen molar-refractivity contribution in [1.29, 1.82) is 0 Å². The van der Waals surface area contributed by atoms with Gasteiger partial charge in [-0.15, -0.1) is 0 Å². The molecular weight excluding hydrogens is 614 g/mol. The van der Waals surface area contributed by atoms with Crippen LogP contribution in [0.25, 0.3) is 22.4 Å². The van der Waals surface area contributed by atoms with Gasteiger partial charge in [0.1, 0.15) is 11.4 Å². The number of anilines is 1. The number of hydrogen-bond donors (Lipinski definition) is 2. The number of nitrogens with one attached hydrogen (secondary N) is 2. The number of ether oxygens (including phenoxy) is 1. The summed E-state index contributed by atoms with van der Waals surface area (Å²) in [6, 6.07) is 23.2. The number of H-pyrrole nitrogens is 1. The lowest BCUT2D eigenvalue weighted by Crippen LogP contribution is -2.39. The van der Waals surface area contributed by atoms with Gasteiger partial charge in [0, 0.05) is 37.4 Å². The molecular formula is C36H41N5O5S. The van der Waals surface area contributed by atoms with Crippen molar-refractivity contribution in [2.75, 3.05) is 36.5 Å². The maximum atomic E-state index is 12.9. The largest absolute Gasteiger partial charge is 0.444 e. The van der Waals surface area contributed by atoms with E-state index < -0.39 is 15.4 Å². The van der Waals surface area contributed by atoms with Crippen molar-refractivity contribution in [1.82, 2.24) is 19.8 Å². The van der Waals surface area contributed by atoms with E-state index in [-0.39, 0.29) is 29.5 Å². The van der Waals surface area contributed by atoms with Crippen LogP contribution in [0.5, 0.6) is 0 Å². The van der Waals surface area contributed by atoms with Gasteiger partial charge >= 0.3 is 6.09 Å². The molecule has 6 rings (SSSR count). The van der Waals surface area contributed by atoms with E-state index in [1.54, 1.807) is 11.1 Å². The molecule has 0 bridgehead atoms. The standard InChI is InChI=1S/C36H41N5O5S/c1-36(2,3)46-35(43)41-18-4-5-32(41)33-37-23-31(39-33)28-12-8-26(9-13-28)27-10-14-29(15-11-27)34(42)38-30-16-6-25(7-17-30)24-40-19-21-47(44,45)22-20-40/h6-17,23,32H,4-5,18-22,24H2,1-3H3,(H,37,39)(H,38,42)/t32-/m1/s1. The molecule has 11 heteroatoms. The van der Waals surface area contributed by atoms with Crippen molar-refractivity contribution in [3.63, 3.8) is 0 Å². The minimum Gasteiger partial charge on any atom is -0.444 e. The minimum atomic E-state index is -2.90. The number of carbonyl (C=O) groups is 2. The van der Waals surface area contributed by atoms with Gasteiger partial charge in [-0.2, -0.15) is 0 Å². The van der Waals surface area contributed by atoms with Gasteiger partial charge in [-0.05, 0) is 80.1 Å². The number of carbonyl (C=O) groups excluding carboxylic acids is 2. The van der Waals surface area contributed by atoms with Gasteiger partial charge in [0.25, 0.3) is 5.91 Å². The number of amides is 2. The molecule has 0 aliphatic carbocycles. The van der Waals surface area contributed by atoms with Crippen LogP contribution in [-0.2, 0) is 21.1 Å². The fourth-order valence-electron chi connectivity index (χ4n) is 5.96. The molecule has 2 N–H and O–H groups in total. The molecule has 1 aromatic heterocycles. The van der Waals surface area contributed by atoms with Crippen LogP contribution in [0.1, 0.15) is 61.4 Å². The number of aromatic nitrogens is 2. The lowest BCUT2D eigenvalue weighted by molar-refractivity contribution is 0.0218. The van der Waals surface area contributed by atoms with Gasteiger partial charge in [-0.1, -0.05) is 48.5 Å². The summed E-state index contributed by atoms with van der Waals surface area (Å²) in [5, 5.41) is 2.96. The summed E-state index contributed by atoms with van der Waals surface area (Å²) >= 11 is 0. The molecule has 2 aliphatic heterocycles.